The summed E-state index contributed by atoms with van der Waals surface area (Å²) in [6, 6.07) is 31.8. The molecule has 36 heavy (non-hydrogen) atoms. The number of rotatable bonds is 8. The first-order valence-electron chi connectivity index (χ1n) is 11.1. The molecule has 0 unspecified atom stereocenters. The van der Waals surface area contributed by atoms with Gasteiger partial charge in [0.1, 0.15) is 41.2 Å². The van der Waals surface area contributed by atoms with Crippen LogP contribution in [0, 0.1) is 34.0 Å². The van der Waals surface area contributed by atoms with Gasteiger partial charge >= 0.3 is 0 Å². The van der Waals surface area contributed by atoms with E-state index in [-0.39, 0.29) is 5.56 Å². The Morgan fingerprint density at radius 1 is 0.611 bits per heavy atom. The minimum atomic E-state index is 0.284. The number of anilines is 1. The largest absolute Gasteiger partial charge is 0.457 e. The summed E-state index contributed by atoms with van der Waals surface area (Å²) in [5, 5.41) is 30.6. The Morgan fingerprint density at radius 3 is 1.58 bits per heavy atom. The average molecular weight is 489 g/mol. The van der Waals surface area contributed by atoms with Gasteiger partial charge in [-0.3, -0.25) is 0 Å². The second kappa shape index (κ2) is 11.5. The fraction of sp³-hybridized carbons (Fsp3) is 0.0690. The third-order valence-corrected chi connectivity index (χ3v) is 6.08. The van der Waals surface area contributed by atoms with Gasteiger partial charge in [0.15, 0.2) is 0 Å². The third-order valence-electron chi connectivity index (χ3n) is 5.07. The molecule has 4 rings (SSSR count). The third kappa shape index (κ3) is 5.96. The number of nitriles is 3. The molecule has 174 valence electrons. The van der Waals surface area contributed by atoms with E-state index in [0.717, 1.165) is 15.5 Å². The monoisotopic (exact) mass is 488 g/mol. The summed E-state index contributed by atoms with van der Waals surface area (Å²) in [4.78, 5) is 2.09. The zero-order valence-electron chi connectivity index (χ0n) is 19.4. The van der Waals surface area contributed by atoms with Gasteiger partial charge in [-0.05, 0) is 85.8 Å². The van der Waals surface area contributed by atoms with Crippen molar-refractivity contribution < 1.29 is 9.47 Å². The molecule has 0 atom stereocenters. The highest BCUT2D eigenvalue weighted by atomic mass is 32.2. The first-order valence-corrected chi connectivity index (χ1v) is 11.9. The normalized spacial score (nSPS) is 9.94. The van der Waals surface area contributed by atoms with E-state index >= 15 is 0 Å². The van der Waals surface area contributed by atoms with Crippen molar-refractivity contribution in [1.29, 1.82) is 15.8 Å². The first kappa shape index (κ1) is 24.2. The van der Waals surface area contributed by atoms with E-state index < -0.39 is 0 Å². The Balaban J connectivity index is 1.38. The van der Waals surface area contributed by atoms with Crippen LogP contribution >= 0.6 is 11.8 Å². The van der Waals surface area contributed by atoms with Crippen LogP contribution in [-0.4, -0.2) is 6.54 Å². The van der Waals surface area contributed by atoms with Gasteiger partial charge in [-0.15, -0.1) is 0 Å². The molecule has 1 N–H and O–H groups in total. The SMILES string of the molecule is CCNc1cc(Oc2ccc(Sc3ccc(Oc4ccc(C#N)c(C#N)c4)cc3)cc2)ccc1C#N. The molecule has 0 amide bonds. The lowest BCUT2D eigenvalue weighted by atomic mass is 10.1. The number of hydrogen-bond donors (Lipinski definition) is 1. The quantitative estimate of drug-likeness (QED) is 0.274. The Labute approximate surface area is 214 Å². The Kier molecular flexibility index (Phi) is 7.73. The molecule has 0 radical (unpaired) electrons. The maximum absolute atomic E-state index is 9.24. The van der Waals surface area contributed by atoms with Gasteiger partial charge < -0.3 is 14.8 Å². The highest BCUT2D eigenvalue weighted by Gasteiger charge is 2.07. The highest BCUT2D eigenvalue weighted by Crippen LogP contribution is 2.33. The zero-order chi connectivity index (χ0) is 25.3. The van der Waals surface area contributed by atoms with E-state index in [4.69, 9.17) is 14.7 Å². The van der Waals surface area contributed by atoms with Crippen molar-refractivity contribution in [3.05, 3.63) is 102 Å². The summed E-state index contributed by atoms with van der Waals surface area (Å²) in [5.41, 5.74) is 1.94. The molecule has 0 spiro atoms. The van der Waals surface area contributed by atoms with E-state index in [1.165, 1.54) is 0 Å². The summed E-state index contributed by atoms with van der Waals surface area (Å²) in [7, 11) is 0. The lowest BCUT2D eigenvalue weighted by Crippen LogP contribution is -1.99. The van der Waals surface area contributed by atoms with Gasteiger partial charge in [-0.2, -0.15) is 15.8 Å². The fourth-order valence-corrected chi connectivity index (χ4v) is 4.17. The van der Waals surface area contributed by atoms with Gasteiger partial charge in [-0.1, -0.05) is 11.8 Å². The summed E-state index contributed by atoms with van der Waals surface area (Å²) < 4.78 is 11.8. The van der Waals surface area contributed by atoms with Crippen molar-refractivity contribution in [2.45, 2.75) is 16.7 Å². The lowest BCUT2D eigenvalue weighted by Gasteiger charge is -2.11. The van der Waals surface area contributed by atoms with E-state index in [2.05, 4.69) is 11.4 Å². The Bertz CT molecular complexity index is 1500. The van der Waals surface area contributed by atoms with Crippen molar-refractivity contribution >= 4 is 17.4 Å². The number of benzene rings is 4. The van der Waals surface area contributed by atoms with Gasteiger partial charge in [-0.25, -0.2) is 0 Å². The van der Waals surface area contributed by atoms with Crippen molar-refractivity contribution in [2.24, 2.45) is 0 Å². The molecule has 0 saturated heterocycles. The minimum Gasteiger partial charge on any atom is -0.457 e. The predicted molar refractivity (Wildman–Crippen MR) is 138 cm³/mol. The second-order valence-electron chi connectivity index (χ2n) is 7.53. The maximum Gasteiger partial charge on any atom is 0.129 e. The van der Waals surface area contributed by atoms with Crippen LogP contribution in [0.5, 0.6) is 23.0 Å². The molecule has 0 saturated carbocycles. The summed E-state index contributed by atoms with van der Waals surface area (Å²) in [6.07, 6.45) is 0. The lowest BCUT2D eigenvalue weighted by molar-refractivity contribution is 0.482. The van der Waals surface area contributed by atoms with Crippen molar-refractivity contribution in [1.82, 2.24) is 0 Å². The second-order valence-corrected chi connectivity index (χ2v) is 8.68. The summed E-state index contributed by atoms with van der Waals surface area (Å²) in [5.74, 6) is 2.50. The molecule has 7 heteroatoms. The Morgan fingerprint density at radius 2 is 1.08 bits per heavy atom. The molecule has 4 aromatic rings. The van der Waals surface area contributed by atoms with Crippen LogP contribution in [0.15, 0.2) is 94.7 Å². The Hall–Kier alpha value is -4.90. The van der Waals surface area contributed by atoms with Gasteiger partial charge in [0.05, 0.1) is 22.4 Å². The predicted octanol–water partition coefficient (Wildman–Crippen LogP) is 7.47. The highest BCUT2D eigenvalue weighted by molar-refractivity contribution is 7.99. The van der Waals surface area contributed by atoms with E-state index in [1.807, 2.05) is 73.7 Å². The molecule has 0 aliphatic carbocycles. The van der Waals surface area contributed by atoms with Crippen LogP contribution in [0.1, 0.15) is 23.6 Å². The molecule has 0 heterocycles. The van der Waals surface area contributed by atoms with Crippen LogP contribution in [0.2, 0.25) is 0 Å². The van der Waals surface area contributed by atoms with Crippen molar-refractivity contribution in [3.63, 3.8) is 0 Å². The smallest absolute Gasteiger partial charge is 0.129 e. The molecule has 0 bridgehead atoms. The number of ether oxygens (including phenoxy) is 2. The number of hydrogen-bond acceptors (Lipinski definition) is 7. The molecule has 0 aliphatic heterocycles. The zero-order valence-corrected chi connectivity index (χ0v) is 20.2. The van der Waals surface area contributed by atoms with Gasteiger partial charge in [0.25, 0.3) is 0 Å². The maximum atomic E-state index is 9.24. The van der Waals surface area contributed by atoms with E-state index in [0.29, 0.717) is 40.7 Å². The van der Waals surface area contributed by atoms with Gasteiger partial charge in [0, 0.05) is 22.4 Å². The van der Waals surface area contributed by atoms with Crippen LogP contribution in [0.25, 0.3) is 0 Å². The standard InChI is InChI=1S/C29H20N4O2S/c1-2-33-29-16-26(6-4-21(29)18-31)35-24-9-13-28(14-10-24)36-27-11-7-23(8-12-27)34-25-5-3-20(17-30)22(15-25)19-32/h3-16,33H,2H2,1H3. The van der Waals surface area contributed by atoms with Crippen LogP contribution < -0.4 is 14.8 Å². The van der Waals surface area contributed by atoms with Crippen LogP contribution in [-0.2, 0) is 0 Å². The average Bonchev–Trinajstić information content (AvgIpc) is 2.91. The molecule has 0 aromatic heterocycles. The minimum absolute atomic E-state index is 0.284. The van der Waals surface area contributed by atoms with Gasteiger partial charge in [0.2, 0.25) is 0 Å². The van der Waals surface area contributed by atoms with E-state index in [1.54, 1.807) is 42.1 Å². The molecule has 0 fully saturated rings. The van der Waals surface area contributed by atoms with Crippen molar-refractivity contribution in [3.8, 4) is 41.2 Å². The molecule has 6 nitrogen and oxygen atoms in total. The van der Waals surface area contributed by atoms with E-state index in [9.17, 15) is 10.5 Å². The molecule has 4 aromatic carbocycles. The molecular formula is C29H20N4O2S. The summed E-state index contributed by atoms with van der Waals surface area (Å²) in [6.45, 7) is 2.70. The van der Waals surface area contributed by atoms with Crippen LogP contribution in [0.4, 0.5) is 5.69 Å². The topological polar surface area (TPSA) is 102 Å². The van der Waals surface area contributed by atoms with Crippen LogP contribution in [0.3, 0.4) is 0 Å². The fourth-order valence-electron chi connectivity index (χ4n) is 3.36. The summed E-state index contributed by atoms with van der Waals surface area (Å²) >= 11 is 1.61. The number of nitrogens with one attached hydrogen (secondary N) is 1. The first-order chi connectivity index (χ1) is 17.6. The number of nitrogens with zero attached hydrogens (tertiary/aromatic N) is 3. The molecule has 0 aliphatic rings. The van der Waals surface area contributed by atoms with Crippen molar-refractivity contribution in [2.75, 3.05) is 11.9 Å². The molecular weight excluding hydrogens is 468 g/mol.